The summed E-state index contributed by atoms with van der Waals surface area (Å²) in [6.07, 6.45) is 0. The maximum absolute atomic E-state index is 12.4. The Balaban J connectivity index is 2.28. The third-order valence-electron chi connectivity index (χ3n) is 3.11. The summed E-state index contributed by atoms with van der Waals surface area (Å²) in [5.74, 6) is 0. The lowest BCUT2D eigenvalue weighted by atomic mass is 10.1. The summed E-state index contributed by atoms with van der Waals surface area (Å²) in [6, 6.07) is 12.1. The van der Waals surface area contributed by atoms with Crippen molar-refractivity contribution in [1.82, 2.24) is 15.0 Å². The molecular formula is C14H7N5O3. The van der Waals surface area contributed by atoms with Gasteiger partial charge in [0.2, 0.25) is 0 Å². The summed E-state index contributed by atoms with van der Waals surface area (Å²) in [7, 11) is 0. The van der Waals surface area contributed by atoms with Gasteiger partial charge in [-0.05, 0) is 18.2 Å². The molecule has 3 rings (SSSR count). The zero-order valence-corrected chi connectivity index (χ0v) is 11.0. The molecule has 0 aliphatic rings. The molecule has 8 nitrogen and oxygen atoms in total. The molecule has 0 spiro atoms. The van der Waals surface area contributed by atoms with Crippen molar-refractivity contribution < 1.29 is 4.92 Å². The van der Waals surface area contributed by atoms with Gasteiger partial charge in [0.25, 0.3) is 11.2 Å². The maximum atomic E-state index is 12.4. The van der Waals surface area contributed by atoms with Crippen molar-refractivity contribution >= 4 is 16.6 Å². The second-order valence-corrected chi connectivity index (χ2v) is 4.39. The molecule has 0 unspecified atom stereocenters. The minimum Gasteiger partial charge on any atom is -0.267 e. The van der Waals surface area contributed by atoms with Crippen molar-refractivity contribution in [1.29, 1.82) is 5.26 Å². The van der Waals surface area contributed by atoms with Crippen LogP contribution < -0.4 is 5.56 Å². The van der Waals surface area contributed by atoms with Crippen molar-refractivity contribution in [2.24, 2.45) is 0 Å². The van der Waals surface area contributed by atoms with Gasteiger partial charge >= 0.3 is 0 Å². The molecule has 8 heteroatoms. The van der Waals surface area contributed by atoms with E-state index in [2.05, 4.69) is 10.3 Å². The van der Waals surface area contributed by atoms with Gasteiger partial charge in [-0.25, -0.2) is 0 Å². The summed E-state index contributed by atoms with van der Waals surface area (Å²) in [5, 5.41) is 28.0. The van der Waals surface area contributed by atoms with Crippen LogP contribution >= 0.6 is 0 Å². The fourth-order valence-electron chi connectivity index (χ4n) is 2.06. The lowest BCUT2D eigenvalue weighted by Gasteiger charge is -2.06. The molecule has 0 aliphatic heterocycles. The molecule has 0 saturated heterocycles. The van der Waals surface area contributed by atoms with E-state index in [4.69, 9.17) is 5.26 Å². The highest BCUT2D eigenvalue weighted by atomic mass is 16.6. The maximum Gasteiger partial charge on any atom is 0.282 e. The van der Waals surface area contributed by atoms with Gasteiger partial charge in [-0.1, -0.05) is 17.3 Å². The van der Waals surface area contributed by atoms with Gasteiger partial charge in [0.1, 0.15) is 11.6 Å². The zero-order valence-electron chi connectivity index (χ0n) is 11.0. The van der Waals surface area contributed by atoms with Gasteiger partial charge in [0.15, 0.2) is 0 Å². The first kappa shape index (κ1) is 13.4. The van der Waals surface area contributed by atoms with Crippen LogP contribution in [0.1, 0.15) is 5.56 Å². The average Bonchev–Trinajstić information content (AvgIpc) is 2.55. The second kappa shape index (κ2) is 5.06. The molecule has 0 amide bonds. The van der Waals surface area contributed by atoms with Crippen LogP contribution in [0, 0.1) is 21.4 Å². The molecule has 2 aromatic carbocycles. The molecule has 0 radical (unpaired) electrons. The van der Waals surface area contributed by atoms with E-state index in [0.717, 1.165) is 10.7 Å². The summed E-state index contributed by atoms with van der Waals surface area (Å²) >= 11 is 0. The number of non-ortho nitro benzene ring substituents is 1. The van der Waals surface area contributed by atoms with Crippen molar-refractivity contribution in [3.05, 3.63) is 68.5 Å². The van der Waals surface area contributed by atoms with Gasteiger partial charge in [-0.15, -0.1) is 5.10 Å². The van der Waals surface area contributed by atoms with E-state index in [1.54, 1.807) is 24.3 Å². The molecule has 0 bridgehead atoms. The van der Waals surface area contributed by atoms with Crippen molar-refractivity contribution in [3.8, 4) is 11.8 Å². The minimum atomic E-state index is -0.612. The number of rotatable bonds is 2. The summed E-state index contributed by atoms with van der Waals surface area (Å²) in [5.41, 5.74) is -0.126. The van der Waals surface area contributed by atoms with Crippen LogP contribution in [-0.4, -0.2) is 19.9 Å². The predicted octanol–water partition coefficient (Wildman–Crippen LogP) is 1.56. The van der Waals surface area contributed by atoms with Gasteiger partial charge in [0, 0.05) is 12.1 Å². The van der Waals surface area contributed by atoms with Crippen LogP contribution in [0.15, 0.2) is 47.3 Å². The fraction of sp³-hybridized carbons (Fsp3) is 0. The van der Waals surface area contributed by atoms with E-state index < -0.39 is 10.5 Å². The number of benzene rings is 2. The number of nitriles is 1. The van der Waals surface area contributed by atoms with Gasteiger partial charge < -0.3 is 0 Å². The molecule has 1 heterocycles. The summed E-state index contributed by atoms with van der Waals surface area (Å²) in [6.45, 7) is 0. The Morgan fingerprint density at radius 1 is 1.23 bits per heavy atom. The van der Waals surface area contributed by atoms with Crippen LogP contribution in [-0.2, 0) is 0 Å². The number of aromatic nitrogens is 3. The summed E-state index contributed by atoms with van der Waals surface area (Å²) < 4.78 is 0.963. The minimum absolute atomic E-state index is 0.0270. The lowest BCUT2D eigenvalue weighted by molar-refractivity contribution is -0.384. The molecule has 22 heavy (non-hydrogen) atoms. The Morgan fingerprint density at radius 3 is 2.73 bits per heavy atom. The molecule has 1 aromatic heterocycles. The number of nitro benzene ring substituents is 1. The van der Waals surface area contributed by atoms with E-state index in [-0.39, 0.29) is 16.9 Å². The van der Waals surface area contributed by atoms with Gasteiger partial charge in [0.05, 0.1) is 21.6 Å². The lowest BCUT2D eigenvalue weighted by Crippen LogP contribution is -2.23. The molecule has 3 aromatic rings. The largest absolute Gasteiger partial charge is 0.282 e. The predicted molar refractivity (Wildman–Crippen MR) is 76.5 cm³/mol. The third-order valence-corrected chi connectivity index (χ3v) is 3.11. The Morgan fingerprint density at radius 2 is 2.00 bits per heavy atom. The highest BCUT2D eigenvalue weighted by Crippen LogP contribution is 2.19. The zero-order chi connectivity index (χ0) is 15.7. The molecule has 0 fully saturated rings. The average molecular weight is 293 g/mol. The molecule has 106 valence electrons. The molecule has 0 N–H and O–H groups in total. The highest BCUT2D eigenvalue weighted by Gasteiger charge is 2.15. The highest BCUT2D eigenvalue weighted by molar-refractivity contribution is 5.77. The van der Waals surface area contributed by atoms with Crippen LogP contribution in [0.25, 0.3) is 16.6 Å². The van der Waals surface area contributed by atoms with Crippen LogP contribution in [0.4, 0.5) is 5.69 Å². The van der Waals surface area contributed by atoms with Crippen molar-refractivity contribution in [3.63, 3.8) is 0 Å². The normalized spacial score (nSPS) is 10.3. The van der Waals surface area contributed by atoms with Crippen LogP contribution in [0.2, 0.25) is 0 Å². The SMILES string of the molecule is N#Cc1cc([N+](=O)[O-])ccc1-n1nnc2ccccc2c1=O. The smallest absolute Gasteiger partial charge is 0.267 e. The third kappa shape index (κ3) is 2.06. The Bertz CT molecular complexity index is 1000. The quantitative estimate of drug-likeness (QED) is 0.523. The monoisotopic (exact) mass is 293 g/mol. The van der Waals surface area contributed by atoms with Crippen LogP contribution in [0.5, 0.6) is 0 Å². The fourth-order valence-corrected chi connectivity index (χ4v) is 2.06. The van der Waals surface area contributed by atoms with Gasteiger partial charge in [-0.3, -0.25) is 14.9 Å². The second-order valence-electron chi connectivity index (χ2n) is 4.39. The first-order valence-electron chi connectivity index (χ1n) is 6.15. The van der Waals surface area contributed by atoms with E-state index >= 15 is 0 Å². The van der Waals surface area contributed by atoms with E-state index in [1.807, 2.05) is 6.07 Å². The molecule has 0 atom stereocenters. The Labute approximate surface area is 123 Å². The number of fused-ring (bicyclic) bond motifs is 1. The van der Waals surface area contributed by atoms with E-state index in [1.165, 1.54) is 12.1 Å². The number of nitrogens with zero attached hydrogens (tertiary/aromatic N) is 5. The Hall–Kier alpha value is -3.60. The topological polar surface area (TPSA) is 115 Å². The number of hydrogen-bond donors (Lipinski definition) is 0. The summed E-state index contributed by atoms with van der Waals surface area (Å²) in [4.78, 5) is 22.6. The first-order chi connectivity index (χ1) is 10.6. The molecule has 0 saturated carbocycles. The molecular weight excluding hydrogens is 286 g/mol. The Kier molecular flexibility index (Phi) is 3.08. The van der Waals surface area contributed by atoms with E-state index in [9.17, 15) is 14.9 Å². The van der Waals surface area contributed by atoms with Crippen molar-refractivity contribution in [2.45, 2.75) is 0 Å². The van der Waals surface area contributed by atoms with E-state index in [0.29, 0.717) is 10.9 Å². The van der Waals surface area contributed by atoms with Gasteiger partial charge in [-0.2, -0.15) is 9.94 Å². The van der Waals surface area contributed by atoms with Crippen LogP contribution in [0.3, 0.4) is 0 Å². The number of nitro groups is 1. The standard InChI is InChI=1S/C14H7N5O3/c15-8-9-7-10(19(21)22)5-6-13(9)18-14(20)11-3-1-2-4-12(11)16-17-18/h1-7H. The van der Waals surface area contributed by atoms with Crippen molar-refractivity contribution in [2.75, 3.05) is 0 Å². The first-order valence-corrected chi connectivity index (χ1v) is 6.15. The number of hydrogen-bond acceptors (Lipinski definition) is 6. The molecule has 0 aliphatic carbocycles.